The first kappa shape index (κ1) is 21.2. The third-order valence-corrected chi connectivity index (χ3v) is 3.89. The number of hydrogen-bond acceptors (Lipinski definition) is 4. The van der Waals surface area contributed by atoms with Crippen molar-refractivity contribution in [2.24, 2.45) is 0 Å². The standard InChI is InChI=1S/C20H27N3O3/c1-16(2)23(15-17-9-5-3-6-10-17)20(26)18(13-21)14-22-12-8-4-7-11-19(24)25/h3,5-6,9-10,14,16,22H,4,7-8,11-12,15H2,1-2H3,(H,24,25)/b18-14-. The lowest BCUT2D eigenvalue weighted by Gasteiger charge is -2.26. The van der Waals surface area contributed by atoms with Gasteiger partial charge in [0, 0.05) is 31.8 Å². The van der Waals surface area contributed by atoms with Gasteiger partial charge in [-0.3, -0.25) is 9.59 Å². The van der Waals surface area contributed by atoms with Gasteiger partial charge in [0.25, 0.3) is 5.91 Å². The highest BCUT2D eigenvalue weighted by atomic mass is 16.4. The van der Waals surface area contributed by atoms with Gasteiger partial charge in [-0.05, 0) is 32.3 Å². The van der Waals surface area contributed by atoms with E-state index in [2.05, 4.69) is 5.32 Å². The number of carboxylic acid groups (broad SMARTS) is 1. The Morgan fingerprint density at radius 2 is 1.92 bits per heavy atom. The molecule has 0 aliphatic rings. The maximum Gasteiger partial charge on any atom is 0.303 e. The van der Waals surface area contributed by atoms with E-state index >= 15 is 0 Å². The summed E-state index contributed by atoms with van der Waals surface area (Å²) in [4.78, 5) is 24.8. The highest BCUT2D eigenvalue weighted by molar-refractivity contribution is 5.97. The van der Waals surface area contributed by atoms with Crippen molar-refractivity contribution in [2.45, 2.75) is 52.1 Å². The van der Waals surface area contributed by atoms with Crippen LogP contribution in [0.2, 0.25) is 0 Å². The summed E-state index contributed by atoms with van der Waals surface area (Å²) in [6.45, 7) is 4.89. The van der Waals surface area contributed by atoms with E-state index in [1.54, 1.807) is 4.90 Å². The molecule has 0 fully saturated rings. The fourth-order valence-electron chi connectivity index (χ4n) is 2.42. The summed E-state index contributed by atoms with van der Waals surface area (Å²) < 4.78 is 0. The lowest BCUT2D eigenvalue weighted by molar-refractivity contribution is -0.137. The highest BCUT2D eigenvalue weighted by Gasteiger charge is 2.21. The smallest absolute Gasteiger partial charge is 0.303 e. The molecule has 0 saturated carbocycles. The van der Waals surface area contributed by atoms with Crippen molar-refractivity contribution in [3.8, 4) is 6.07 Å². The fourth-order valence-corrected chi connectivity index (χ4v) is 2.42. The Balaban J connectivity index is 2.58. The predicted molar refractivity (Wildman–Crippen MR) is 99.9 cm³/mol. The lowest BCUT2D eigenvalue weighted by atomic mass is 10.1. The van der Waals surface area contributed by atoms with Crippen molar-refractivity contribution in [3.63, 3.8) is 0 Å². The molecule has 2 N–H and O–H groups in total. The summed E-state index contributed by atoms with van der Waals surface area (Å²) in [6.07, 6.45) is 3.83. The molecule has 0 aliphatic carbocycles. The molecule has 0 atom stereocenters. The number of amides is 1. The Kier molecular flexibility index (Phi) is 9.55. The molecule has 6 heteroatoms. The summed E-state index contributed by atoms with van der Waals surface area (Å²) in [5.74, 6) is -1.09. The van der Waals surface area contributed by atoms with E-state index in [1.165, 1.54) is 6.20 Å². The van der Waals surface area contributed by atoms with E-state index in [0.717, 1.165) is 18.4 Å². The second kappa shape index (κ2) is 11.7. The number of carbonyl (C=O) groups excluding carboxylic acids is 1. The first-order valence-corrected chi connectivity index (χ1v) is 8.86. The van der Waals surface area contributed by atoms with Crippen molar-refractivity contribution < 1.29 is 14.7 Å². The largest absolute Gasteiger partial charge is 0.481 e. The van der Waals surface area contributed by atoms with Crippen LogP contribution in [0.15, 0.2) is 42.1 Å². The number of aliphatic carboxylic acids is 1. The maximum atomic E-state index is 12.7. The van der Waals surface area contributed by atoms with Crippen LogP contribution in [0.25, 0.3) is 0 Å². The average molecular weight is 357 g/mol. The van der Waals surface area contributed by atoms with Crippen LogP contribution < -0.4 is 5.32 Å². The number of nitrogens with one attached hydrogen (secondary N) is 1. The fraction of sp³-hybridized carbons (Fsp3) is 0.450. The summed E-state index contributed by atoms with van der Waals surface area (Å²) in [7, 11) is 0. The second-order valence-electron chi connectivity index (χ2n) is 6.34. The molecular weight excluding hydrogens is 330 g/mol. The molecule has 140 valence electrons. The van der Waals surface area contributed by atoms with Crippen molar-refractivity contribution in [3.05, 3.63) is 47.7 Å². The summed E-state index contributed by atoms with van der Waals surface area (Å²) in [5.41, 5.74) is 1.08. The van der Waals surface area contributed by atoms with Gasteiger partial charge in [0.05, 0.1) is 0 Å². The van der Waals surface area contributed by atoms with Crippen molar-refractivity contribution >= 4 is 11.9 Å². The molecule has 0 saturated heterocycles. The summed E-state index contributed by atoms with van der Waals surface area (Å²) >= 11 is 0. The predicted octanol–water partition coefficient (Wildman–Crippen LogP) is 3.07. The molecule has 1 aromatic carbocycles. The number of hydrogen-bond donors (Lipinski definition) is 2. The van der Waals surface area contributed by atoms with Gasteiger partial charge in [0.15, 0.2) is 0 Å². The van der Waals surface area contributed by atoms with Gasteiger partial charge < -0.3 is 15.3 Å². The topological polar surface area (TPSA) is 93.4 Å². The second-order valence-corrected chi connectivity index (χ2v) is 6.34. The van der Waals surface area contributed by atoms with Crippen LogP contribution in [0.1, 0.15) is 45.1 Å². The van der Waals surface area contributed by atoms with Crippen LogP contribution in [0, 0.1) is 11.3 Å². The van der Waals surface area contributed by atoms with Gasteiger partial charge in [0.1, 0.15) is 11.6 Å². The first-order valence-electron chi connectivity index (χ1n) is 8.86. The van der Waals surface area contributed by atoms with E-state index < -0.39 is 5.97 Å². The zero-order valence-corrected chi connectivity index (χ0v) is 15.4. The van der Waals surface area contributed by atoms with Crippen molar-refractivity contribution in [2.75, 3.05) is 6.54 Å². The van der Waals surface area contributed by atoms with Gasteiger partial charge in [-0.25, -0.2) is 0 Å². The Labute approximate surface area is 155 Å². The van der Waals surface area contributed by atoms with E-state index in [0.29, 0.717) is 19.5 Å². The van der Waals surface area contributed by atoms with Crippen LogP contribution in [0.3, 0.4) is 0 Å². The van der Waals surface area contributed by atoms with Gasteiger partial charge in [0.2, 0.25) is 0 Å². The quantitative estimate of drug-likeness (QED) is 0.361. The van der Waals surface area contributed by atoms with Gasteiger partial charge in [-0.2, -0.15) is 5.26 Å². The number of carboxylic acids is 1. The van der Waals surface area contributed by atoms with Gasteiger partial charge in [-0.15, -0.1) is 0 Å². The molecule has 0 bridgehead atoms. The van der Waals surface area contributed by atoms with Crippen LogP contribution in [0.5, 0.6) is 0 Å². The molecule has 26 heavy (non-hydrogen) atoms. The van der Waals surface area contributed by atoms with Crippen LogP contribution in [-0.2, 0) is 16.1 Å². The monoisotopic (exact) mass is 357 g/mol. The zero-order valence-electron chi connectivity index (χ0n) is 15.4. The Bertz CT molecular complexity index is 648. The molecule has 0 aromatic heterocycles. The number of benzene rings is 1. The van der Waals surface area contributed by atoms with Crippen LogP contribution in [-0.4, -0.2) is 34.5 Å². The highest BCUT2D eigenvalue weighted by Crippen LogP contribution is 2.12. The summed E-state index contributed by atoms with van der Waals surface area (Å²) in [5, 5.41) is 20.9. The van der Waals surface area contributed by atoms with Gasteiger partial charge in [-0.1, -0.05) is 36.8 Å². The number of rotatable bonds is 11. The maximum absolute atomic E-state index is 12.7. The van der Waals surface area contributed by atoms with Crippen molar-refractivity contribution in [1.82, 2.24) is 10.2 Å². The number of nitrogens with zero attached hydrogens (tertiary/aromatic N) is 2. The Morgan fingerprint density at radius 1 is 1.23 bits per heavy atom. The van der Waals surface area contributed by atoms with Crippen molar-refractivity contribution in [1.29, 1.82) is 5.26 Å². The van der Waals surface area contributed by atoms with Crippen LogP contribution in [0.4, 0.5) is 0 Å². The third-order valence-electron chi connectivity index (χ3n) is 3.89. The molecule has 0 radical (unpaired) electrons. The molecule has 1 amide bonds. The third kappa shape index (κ3) is 7.84. The number of nitriles is 1. The SMILES string of the molecule is CC(C)N(Cc1ccccc1)C(=O)/C(C#N)=C\NCCCCCC(=O)O. The Hall–Kier alpha value is -2.81. The molecule has 1 rings (SSSR count). The normalized spacial score (nSPS) is 11.1. The minimum atomic E-state index is -0.789. The summed E-state index contributed by atoms with van der Waals surface area (Å²) in [6, 6.07) is 11.6. The molecule has 1 aromatic rings. The molecule has 0 heterocycles. The molecule has 0 aliphatic heterocycles. The molecular formula is C20H27N3O3. The molecule has 0 spiro atoms. The van der Waals surface area contributed by atoms with E-state index in [1.807, 2.05) is 50.2 Å². The number of carbonyl (C=O) groups is 2. The average Bonchev–Trinajstić information content (AvgIpc) is 2.62. The lowest BCUT2D eigenvalue weighted by Crippen LogP contribution is -2.37. The first-order chi connectivity index (χ1) is 12.5. The minimum Gasteiger partial charge on any atom is -0.481 e. The molecule has 6 nitrogen and oxygen atoms in total. The van der Waals surface area contributed by atoms with E-state index in [-0.39, 0.29) is 23.9 Å². The van der Waals surface area contributed by atoms with Crippen LogP contribution >= 0.6 is 0 Å². The molecule has 0 unspecified atom stereocenters. The zero-order chi connectivity index (χ0) is 19.4. The number of unbranched alkanes of at least 4 members (excludes halogenated alkanes) is 2. The van der Waals surface area contributed by atoms with Gasteiger partial charge >= 0.3 is 5.97 Å². The minimum absolute atomic E-state index is 0.0320. The van der Waals surface area contributed by atoms with E-state index in [4.69, 9.17) is 5.11 Å². The van der Waals surface area contributed by atoms with E-state index in [9.17, 15) is 14.9 Å². The Morgan fingerprint density at radius 3 is 2.50 bits per heavy atom.